The molecule has 0 radical (unpaired) electrons. The molecule has 0 spiro atoms. The monoisotopic (exact) mass is 266 g/mol. The Labute approximate surface area is 114 Å². The van der Waals surface area contributed by atoms with Crippen LogP contribution in [0.15, 0.2) is 24.3 Å². The summed E-state index contributed by atoms with van der Waals surface area (Å²) in [5.74, 6) is 1.28. The molecule has 0 heterocycles. The summed E-state index contributed by atoms with van der Waals surface area (Å²) < 4.78 is 0. The van der Waals surface area contributed by atoms with E-state index in [1.165, 1.54) is 18.6 Å². The minimum absolute atomic E-state index is 0.0489. The Morgan fingerprint density at radius 2 is 1.94 bits per heavy atom. The average Bonchev–Trinajstić information content (AvgIpc) is 2.40. The number of unbranched alkanes of at least 4 members (excludes halogenated alkanes) is 1. The van der Waals surface area contributed by atoms with Gasteiger partial charge in [-0.1, -0.05) is 12.1 Å². The van der Waals surface area contributed by atoms with Crippen LogP contribution in [-0.4, -0.2) is 31.5 Å². The van der Waals surface area contributed by atoms with E-state index < -0.39 is 0 Å². The third-order valence-corrected chi connectivity index (χ3v) is 3.40. The molecule has 0 fully saturated rings. The first-order valence-corrected chi connectivity index (χ1v) is 7.68. The number of carbonyl (C=O) groups is 1. The molecule has 0 aliphatic carbocycles. The van der Waals surface area contributed by atoms with Gasteiger partial charge in [0.1, 0.15) is 0 Å². The SMILES string of the molecule is CNC(=O)Cc1ccc(NCCCCSC)cc1. The Bertz CT molecular complexity index is 351. The molecule has 100 valence electrons. The summed E-state index contributed by atoms with van der Waals surface area (Å²) in [4.78, 5) is 11.2. The van der Waals surface area contributed by atoms with Gasteiger partial charge in [-0.15, -0.1) is 0 Å². The van der Waals surface area contributed by atoms with Gasteiger partial charge in [-0.25, -0.2) is 0 Å². The van der Waals surface area contributed by atoms with Gasteiger partial charge >= 0.3 is 0 Å². The molecule has 4 heteroatoms. The maximum Gasteiger partial charge on any atom is 0.224 e. The molecule has 3 nitrogen and oxygen atoms in total. The Kier molecular flexibility index (Phi) is 7.34. The van der Waals surface area contributed by atoms with Gasteiger partial charge in [-0.2, -0.15) is 11.8 Å². The zero-order valence-corrected chi connectivity index (χ0v) is 12.0. The first kappa shape index (κ1) is 14.9. The second kappa shape index (κ2) is 8.86. The third-order valence-electron chi connectivity index (χ3n) is 2.70. The van der Waals surface area contributed by atoms with Gasteiger partial charge in [0.2, 0.25) is 5.91 Å². The Morgan fingerprint density at radius 3 is 2.56 bits per heavy atom. The number of amides is 1. The van der Waals surface area contributed by atoms with E-state index in [-0.39, 0.29) is 5.91 Å². The van der Waals surface area contributed by atoms with Crippen molar-refractivity contribution >= 4 is 23.4 Å². The van der Waals surface area contributed by atoms with Crippen LogP contribution in [0.1, 0.15) is 18.4 Å². The minimum Gasteiger partial charge on any atom is -0.385 e. The highest BCUT2D eigenvalue weighted by molar-refractivity contribution is 7.98. The van der Waals surface area contributed by atoms with Crippen LogP contribution in [0.25, 0.3) is 0 Å². The van der Waals surface area contributed by atoms with Crippen LogP contribution in [0.4, 0.5) is 5.69 Å². The van der Waals surface area contributed by atoms with Gasteiger partial charge in [0.25, 0.3) is 0 Å². The topological polar surface area (TPSA) is 41.1 Å². The van der Waals surface area contributed by atoms with Gasteiger partial charge in [0, 0.05) is 19.3 Å². The zero-order valence-electron chi connectivity index (χ0n) is 11.2. The van der Waals surface area contributed by atoms with Crippen molar-refractivity contribution in [2.24, 2.45) is 0 Å². The molecular weight excluding hydrogens is 244 g/mol. The molecule has 1 amide bonds. The summed E-state index contributed by atoms with van der Waals surface area (Å²) in [7, 11) is 1.66. The van der Waals surface area contributed by atoms with Crippen LogP contribution in [0.2, 0.25) is 0 Å². The van der Waals surface area contributed by atoms with Crippen molar-refractivity contribution in [1.82, 2.24) is 5.32 Å². The molecule has 1 aromatic carbocycles. The molecule has 0 aromatic heterocycles. The Balaban J connectivity index is 2.29. The number of likely N-dealkylation sites (N-methyl/N-ethyl adjacent to an activating group) is 1. The maximum absolute atomic E-state index is 11.2. The van der Waals surface area contributed by atoms with Gasteiger partial charge in [-0.05, 0) is 42.5 Å². The second-order valence-electron chi connectivity index (χ2n) is 4.17. The molecule has 0 atom stereocenters. The zero-order chi connectivity index (χ0) is 13.2. The predicted octanol–water partition coefficient (Wildman–Crippen LogP) is 2.53. The molecule has 0 bridgehead atoms. The molecule has 1 aromatic rings. The van der Waals surface area contributed by atoms with Crippen LogP contribution >= 0.6 is 11.8 Å². The van der Waals surface area contributed by atoms with Crippen molar-refractivity contribution in [3.05, 3.63) is 29.8 Å². The van der Waals surface area contributed by atoms with E-state index in [4.69, 9.17) is 0 Å². The number of benzene rings is 1. The summed E-state index contributed by atoms with van der Waals surface area (Å²) in [5.41, 5.74) is 2.17. The fourth-order valence-corrected chi connectivity index (χ4v) is 2.11. The molecule has 0 aliphatic heterocycles. The number of hydrogen-bond acceptors (Lipinski definition) is 3. The van der Waals surface area contributed by atoms with Gasteiger partial charge in [-0.3, -0.25) is 4.79 Å². The van der Waals surface area contributed by atoms with Crippen LogP contribution in [0.3, 0.4) is 0 Å². The lowest BCUT2D eigenvalue weighted by Crippen LogP contribution is -2.19. The summed E-state index contributed by atoms with van der Waals surface area (Å²) in [6, 6.07) is 8.07. The third kappa shape index (κ3) is 5.96. The molecule has 0 saturated heterocycles. The van der Waals surface area contributed by atoms with E-state index >= 15 is 0 Å². The van der Waals surface area contributed by atoms with Crippen LogP contribution in [-0.2, 0) is 11.2 Å². The van der Waals surface area contributed by atoms with Crippen molar-refractivity contribution in [2.75, 3.05) is 30.9 Å². The van der Waals surface area contributed by atoms with Crippen LogP contribution in [0, 0.1) is 0 Å². The lowest BCUT2D eigenvalue weighted by atomic mass is 10.1. The lowest BCUT2D eigenvalue weighted by molar-refractivity contribution is -0.119. The maximum atomic E-state index is 11.2. The molecule has 18 heavy (non-hydrogen) atoms. The Hall–Kier alpha value is -1.16. The van der Waals surface area contributed by atoms with E-state index in [0.717, 1.165) is 17.8 Å². The number of nitrogens with one attached hydrogen (secondary N) is 2. The highest BCUT2D eigenvalue weighted by Gasteiger charge is 2.00. The van der Waals surface area contributed by atoms with Crippen molar-refractivity contribution < 1.29 is 4.79 Å². The van der Waals surface area contributed by atoms with E-state index in [2.05, 4.69) is 16.9 Å². The molecule has 0 saturated carbocycles. The minimum atomic E-state index is 0.0489. The number of carbonyl (C=O) groups excluding carboxylic acids is 1. The van der Waals surface area contributed by atoms with E-state index in [1.54, 1.807) is 7.05 Å². The Morgan fingerprint density at radius 1 is 1.22 bits per heavy atom. The van der Waals surface area contributed by atoms with Gasteiger partial charge in [0.05, 0.1) is 6.42 Å². The number of hydrogen-bond donors (Lipinski definition) is 2. The first-order valence-electron chi connectivity index (χ1n) is 6.28. The lowest BCUT2D eigenvalue weighted by Gasteiger charge is -2.07. The summed E-state index contributed by atoms with van der Waals surface area (Å²) in [6.45, 7) is 1.01. The predicted molar refractivity (Wildman–Crippen MR) is 80.3 cm³/mol. The molecule has 0 unspecified atom stereocenters. The van der Waals surface area contributed by atoms with E-state index in [1.807, 2.05) is 36.0 Å². The van der Waals surface area contributed by atoms with Crippen molar-refractivity contribution in [2.45, 2.75) is 19.3 Å². The average molecular weight is 266 g/mol. The molecule has 1 rings (SSSR count). The van der Waals surface area contributed by atoms with E-state index in [0.29, 0.717) is 6.42 Å². The second-order valence-corrected chi connectivity index (χ2v) is 5.16. The van der Waals surface area contributed by atoms with Crippen molar-refractivity contribution in [3.8, 4) is 0 Å². The highest BCUT2D eigenvalue weighted by Crippen LogP contribution is 2.10. The summed E-state index contributed by atoms with van der Waals surface area (Å²) in [6.07, 6.45) is 5.03. The van der Waals surface area contributed by atoms with Gasteiger partial charge in [0.15, 0.2) is 0 Å². The van der Waals surface area contributed by atoms with Gasteiger partial charge < -0.3 is 10.6 Å². The number of anilines is 1. The largest absolute Gasteiger partial charge is 0.385 e. The molecular formula is C14H22N2OS. The van der Waals surface area contributed by atoms with Crippen LogP contribution < -0.4 is 10.6 Å². The van der Waals surface area contributed by atoms with Crippen LogP contribution in [0.5, 0.6) is 0 Å². The van der Waals surface area contributed by atoms with Crippen molar-refractivity contribution in [3.63, 3.8) is 0 Å². The summed E-state index contributed by atoms with van der Waals surface area (Å²) in [5, 5.41) is 6.01. The summed E-state index contributed by atoms with van der Waals surface area (Å²) >= 11 is 1.89. The first-order chi connectivity index (χ1) is 8.76. The normalized spacial score (nSPS) is 10.1. The number of rotatable bonds is 8. The smallest absolute Gasteiger partial charge is 0.224 e. The van der Waals surface area contributed by atoms with E-state index in [9.17, 15) is 4.79 Å². The standard InChI is InChI=1S/C14H22N2OS/c1-15-14(17)11-12-5-7-13(8-6-12)16-9-3-4-10-18-2/h5-8,16H,3-4,9-11H2,1-2H3,(H,15,17). The number of thioether (sulfide) groups is 1. The fraction of sp³-hybridized carbons (Fsp3) is 0.500. The fourth-order valence-electron chi connectivity index (χ4n) is 1.62. The molecule has 2 N–H and O–H groups in total. The quantitative estimate of drug-likeness (QED) is 0.710. The van der Waals surface area contributed by atoms with Crippen molar-refractivity contribution in [1.29, 1.82) is 0 Å². The molecule has 0 aliphatic rings. The highest BCUT2D eigenvalue weighted by atomic mass is 32.2.